The molecule has 0 radical (unpaired) electrons. The van der Waals surface area contributed by atoms with E-state index in [0.717, 1.165) is 28.1 Å². The molecule has 5 nitrogen and oxygen atoms in total. The number of carbonyl (C=O) groups is 1. The highest BCUT2D eigenvalue weighted by molar-refractivity contribution is 7.92. The van der Waals surface area contributed by atoms with Gasteiger partial charge in [0, 0.05) is 6.54 Å². The highest BCUT2D eigenvalue weighted by Gasteiger charge is 2.21. The van der Waals surface area contributed by atoms with Gasteiger partial charge in [0.25, 0.3) is 0 Å². The normalized spacial score (nSPS) is 12.5. The first kappa shape index (κ1) is 22.8. The van der Waals surface area contributed by atoms with Crippen molar-refractivity contribution in [2.24, 2.45) is 5.92 Å². The van der Waals surface area contributed by atoms with E-state index in [-0.39, 0.29) is 18.4 Å². The summed E-state index contributed by atoms with van der Waals surface area (Å²) in [7, 11) is -3.59. The van der Waals surface area contributed by atoms with Crippen molar-refractivity contribution in [3.63, 3.8) is 0 Å². The third kappa shape index (κ3) is 6.07. The van der Waals surface area contributed by atoms with Crippen molar-refractivity contribution in [2.45, 2.75) is 27.2 Å². The van der Waals surface area contributed by atoms with E-state index in [1.165, 1.54) is 16.3 Å². The molecule has 0 heterocycles. The molecule has 0 bridgehead atoms. The van der Waals surface area contributed by atoms with Gasteiger partial charge in [-0.3, -0.25) is 9.10 Å². The van der Waals surface area contributed by atoms with Gasteiger partial charge in [-0.15, -0.1) is 0 Å². The van der Waals surface area contributed by atoms with Gasteiger partial charge in [0.05, 0.1) is 11.9 Å². The van der Waals surface area contributed by atoms with E-state index < -0.39 is 10.0 Å². The van der Waals surface area contributed by atoms with Gasteiger partial charge < -0.3 is 5.32 Å². The van der Waals surface area contributed by atoms with Crippen LogP contribution in [-0.4, -0.2) is 33.7 Å². The van der Waals surface area contributed by atoms with E-state index in [0.29, 0.717) is 12.2 Å². The van der Waals surface area contributed by atoms with E-state index in [1.807, 2.05) is 32.0 Å². The molecule has 1 amide bonds. The SMILES string of the molecule is Cc1cc(C)cc(N(CC(=O)NCC(C)Cc2cccc3ccccc23)S(C)(=O)=O)c1. The second-order valence-electron chi connectivity index (χ2n) is 8.37. The Morgan fingerprint density at radius 2 is 1.65 bits per heavy atom. The van der Waals surface area contributed by atoms with Crippen LogP contribution in [0.2, 0.25) is 0 Å². The third-order valence-electron chi connectivity index (χ3n) is 5.28. The molecule has 0 aliphatic rings. The predicted molar refractivity (Wildman–Crippen MR) is 128 cm³/mol. The molecule has 1 N–H and O–H groups in total. The summed E-state index contributed by atoms with van der Waals surface area (Å²) in [5, 5.41) is 5.33. The van der Waals surface area contributed by atoms with Crippen LogP contribution >= 0.6 is 0 Å². The van der Waals surface area contributed by atoms with Crippen molar-refractivity contribution in [2.75, 3.05) is 23.7 Å². The number of nitrogens with one attached hydrogen (secondary N) is 1. The van der Waals surface area contributed by atoms with Gasteiger partial charge >= 0.3 is 0 Å². The third-order valence-corrected chi connectivity index (χ3v) is 6.42. The van der Waals surface area contributed by atoms with Crippen LogP contribution in [0.25, 0.3) is 10.8 Å². The summed E-state index contributed by atoms with van der Waals surface area (Å²) in [6.07, 6.45) is 1.95. The quantitative estimate of drug-likeness (QED) is 0.573. The largest absolute Gasteiger partial charge is 0.354 e. The van der Waals surface area contributed by atoms with Gasteiger partial charge in [0.15, 0.2) is 0 Å². The monoisotopic (exact) mass is 438 g/mol. The molecule has 6 heteroatoms. The van der Waals surface area contributed by atoms with Gasteiger partial charge in [0.1, 0.15) is 6.54 Å². The average molecular weight is 439 g/mol. The number of carbonyl (C=O) groups excluding carboxylic acids is 1. The minimum absolute atomic E-state index is 0.211. The van der Waals surface area contributed by atoms with Gasteiger partial charge in [-0.25, -0.2) is 8.42 Å². The first-order valence-corrected chi connectivity index (χ1v) is 12.3. The predicted octanol–water partition coefficient (Wildman–Crippen LogP) is 4.22. The van der Waals surface area contributed by atoms with Crippen LogP contribution in [-0.2, 0) is 21.2 Å². The second-order valence-corrected chi connectivity index (χ2v) is 10.3. The van der Waals surface area contributed by atoms with Gasteiger partial charge in [0.2, 0.25) is 15.9 Å². The number of nitrogens with zero attached hydrogens (tertiary/aromatic N) is 1. The van der Waals surface area contributed by atoms with E-state index >= 15 is 0 Å². The molecular weight excluding hydrogens is 408 g/mol. The maximum atomic E-state index is 12.6. The van der Waals surface area contributed by atoms with Crippen molar-refractivity contribution in [3.05, 3.63) is 77.4 Å². The molecule has 1 unspecified atom stereocenters. The zero-order valence-electron chi connectivity index (χ0n) is 18.6. The molecule has 1 atom stereocenters. The summed E-state index contributed by atoms with van der Waals surface area (Å²) in [5.74, 6) is -0.1000. The molecule has 0 spiro atoms. The Labute approximate surface area is 185 Å². The molecule has 3 aromatic rings. The number of aryl methyl sites for hydroxylation is 2. The van der Waals surface area contributed by atoms with Crippen molar-refractivity contribution in [1.29, 1.82) is 0 Å². The molecule has 31 heavy (non-hydrogen) atoms. The van der Waals surface area contributed by atoms with E-state index in [9.17, 15) is 13.2 Å². The van der Waals surface area contributed by atoms with Gasteiger partial charge in [-0.05, 0) is 65.8 Å². The topological polar surface area (TPSA) is 66.5 Å². The number of hydrogen-bond acceptors (Lipinski definition) is 3. The van der Waals surface area contributed by atoms with Crippen molar-refractivity contribution >= 4 is 32.4 Å². The highest BCUT2D eigenvalue weighted by Crippen LogP contribution is 2.22. The first-order valence-electron chi connectivity index (χ1n) is 10.4. The van der Waals surface area contributed by atoms with Crippen LogP contribution < -0.4 is 9.62 Å². The summed E-state index contributed by atoms with van der Waals surface area (Å²) in [6, 6.07) is 20.1. The summed E-state index contributed by atoms with van der Waals surface area (Å²) in [4.78, 5) is 12.6. The van der Waals surface area contributed by atoms with E-state index in [1.54, 1.807) is 12.1 Å². The lowest BCUT2D eigenvalue weighted by atomic mass is 9.96. The summed E-state index contributed by atoms with van der Waals surface area (Å²) in [6.45, 7) is 6.15. The molecule has 3 rings (SSSR count). The Bertz CT molecular complexity index is 1160. The van der Waals surface area contributed by atoms with Crippen LogP contribution in [0, 0.1) is 19.8 Å². The number of sulfonamides is 1. The van der Waals surface area contributed by atoms with Crippen LogP contribution in [0.3, 0.4) is 0 Å². The fourth-order valence-corrected chi connectivity index (χ4v) is 4.73. The minimum Gasteiger partial charge on any atom is -0.354 e. The fourth-order valence-electron chi connectivity index (χ4n) is 3.89. The first-order chi connectivity index (χ1) is 14.6. The lowest BCUT2D eigenvalue weighted by molar-refractivity contribution is -0.119. The maximum absolute atomic E-state index is 12.6. The number of rotatable bonds is 8. The lowest BCUT2D eigenvalue weighted by Crippen LogP contribution is -2.41. The molecule has 0 aromatic heterocycles. The molecule has 0 aliphatic heterocycles. The number of benzene rings is 3. The minimum atomic E-state index is -3.59. The molecular formula is C25H30N2O3S. The number of amides is 1. The van der Waals surface area contributed by atoms with Crippen LogP contribution in [0.15, 0.2) is 60.7 Å². The lowest BCUT2D eigenvalue weighted by Gasteiger charge is -2.23. The maximum Gasteiger partial charge on any atom is 0.240 e. The fraction of sp³-hybridized carbons (Fsp3) is 0.320. The average Bonchev–Trinajstić information content (AvgIpc) is 2.69. The van der Waals surface area contributed by atoms with Crippen molar-refractivity contribution in [1.82, 2.24) is 5.32 Å². The zero-order chi connectivity index (χ0) is 22.6. The Balaban J connectivity index is 1.65. The summed E-state index contributed by atoms with van der Waals surface area (Å²) < 4.78 is 25.8. The zero-order valence-corrected chi connectivity index (χ0v) is 19.4. The number of hydrogen-bond donors (Lipinski definition) is 1. The smallest absolute Gasteiger partial charge is 0.240 e. The molecule has 164 valence electrons. The molecule has 3 aromatic carbocycles. The number of fused-ring (bicyclic) bond motifs is 1. The van der Waals surface area contributed by atoms with Crippen LogP contribution in [0.1, 0.15) is 23.6 Å². The van der Waals surface area contributed by atoms with Crippen molar-refractivity contribution < 1.29 is 13.2 Å². The Morgan fingerprint density at radius 1 is 1.00 bits per heavy atom. The molecule has 0 fully saturated rings. The summed E-state index contributed by atoms with van der Waals surface area (Å²) in [5.41, 5.74) is 3.66. The highest BCUT2D eigenvalue weighted by atomic mass is 32.2. The van der Waals surface area contributed by atoms with E-state index in [4.69, 9.17) is 0 Å². The Kier molecular flexibility index (Phi) is 7.01. The molecule has 0 aliphatic carbocycles. The molecule has 0 saturated carbocycles. The summed E-state index contributed by atoms with van der Waals surface area (Å²) >= 11 is 0. The van der Waals surface area contributed by atoms with Crippen LogP contribution in [0.5, 0.6) is 0 Å². The second kappa shape index (κ2) is 9.52. The van der Waals surface area contributed by atoms with E-state index in [2.05, 4.69) is 42.6 Å². The number of anilines is 1. The van der Waals surface area contributed by atoms with Crippen LogP contribution in [0.4, 0.5) is 5.69 Å². The Hall–Kier alpha value is -2.86. The van der Waals surface area contributed by atoms with Crippen molar-refractivity contribution in [3.8, 4) is 0 Å². The van der Waals surface area contributed by atoms with Gasteiger partial charge in [-0.2, -0.15) is 0 Å². The van der Waals surface area contributed by atoms with Gasteiger partial charge in [-0.1, -0.05) is 55.5 Å². The standard InChI is InChI=1S/C25H30N2O3S/c1-18-12-19(2)15-23(14-18)27(31(4,29)30)17-25(28)26-16-20(3)13-22-10-7-9-21-8-5-6-11-24(21)22/h5-12,14-15,20H,13,16-17H2,1-4H3,(H,26,28). The Morgan fingerprint density at radius 3 is 2.32 bits per heavy atom. The molecule has 0 saturated heterocycles.